The maximum absolute atomic E-state index is 11.8. The van der Waals surface area contributed by atoms with Crippen LogP contribution in [0.1, 0.15) is 59.8 Å². The molecule has 0 spiro atoms. The molecule has 2 aliphatic heterocycles. The molecule has 3 rings (SSSR count). The van der Waals surface area contributed by atoms with Crippen LogP contribution in [0.25, 0.3) is 0 Å². The molecule has 0 radical (unpaired) electrons. The third-order valence-electron chi connectivity index (χ3n) is 5.26. The molecule has 0 bridgehead atoms. The maximum atomic E-state index is 11.8. The highest BCUT2D eigenvalue weighted by Gasteiger charge is 2.59. The zero-order valence-electron chi connectivity index (χ0n) is 17.8. The van der Waals surface area contributed by atoms with Crippen molar-refractivity contribution in [1.29, 1.82) is 0 Å². The smallest absolute Gasteiger partial charge is 0.303 e. The topological polar surface area (TPSA) is 116 Å². The highest BCUT2D eigenvalue weighted by Crippen LogP contribution is 2.41. The highest BCUT2D eigenvalue weighted by molar-refractivity contribution is 5.67. The summed E-state index contributed by atoms with van der Waals surface area (Å²) in [5.41, 5.74) is 0. The Morgan fingerprint density at radius 1 is 0.900 bits per heavy atom. The summed E-state index contributed by atoms with van der Waals surface area (Å²) < 4.78 is 39.8. The molecule has 0 aromatic heterocycles. The van der Waals surface area contributed by atoms with E-state index in [1.807, 2.05) is 0 Å². The van der Waals surface area contributed by atoms with E-state index < -0.39 is 54.6 Å². The third-order valence-corrected chi connectivity index (χ3v) is 5.26. The van der Waals surface area contributed by atoms with Crippen molar-refractivity contribution in [2.45, 2.75) is 103 Å². The van der Waals surface area contributed by atoms with Gasteiger partial charge in [0.1, 0.15) is 12.7 Å². The lowest BCUT2D eigenvalue weighted by atomic mass is 9.98. The summed E-state index contributed by atoms with van der Waals surface area (Å²) in [6, 6.07) is 0. The molecule has 1 saturated carbocycles. The van der Waals surface area contributed by atoms with E-state index in [9.17, 15) is 14.4 Å². The second-order valence-corrected chi connectivity index (χ2v) is 7.93. The average Bonchev–Trinajstić information content (AvgIpc) is 2.98. The number of hydrogen-bond donors (Lipinski definition) is 0. The lowest BCUT2D eigenvalue weighted by Crippen LogP contribution is -2.60. The molecule has 30 heavy (non-hydrogen) atoms. The lowest BCUT2D eigenvalue weighted by Gasteiger charge is -2.40. The Kier molecular flexibility index (Phi) is 7.33. The Balaban J connectivity index is 1.80. The fraction of sp³-hybridized carbons (Fsp3) is 0.850. The van der Waals surface area contributed by atoms with Crippen molar-refractivity contribution >= 4 is 17.9 Å². The zero-order valence-corrected chi connectivity index (χ0v) is 17.8. The summed E-state index contributed by atoms with van der Waals surface area (Å²) in [5, 5.41) is 0. The van der Waals surface area contributed by atoms with Crippen molar-refractivity contribution in [3.8, 4) is 0 Å². The van der Waals surface area contributed by atoms with E-state index in [4.69, 9.17) is 33.2 Å². The number of fused-ring (bicyclic) bond motifs is 1. The Bertz CT molecular complexity index is 645. The van der Waals surface area contributed by atoms with Gasteiger partial charge in [-0.05, 0) is 12.8 Å². The van der Waals surface area contributed by atoms with Gasteiger partial charge in [-0.25, -0.2) is 0 Å². The van der Waals surface area contributed by atoms with Crippen LogP contribution in [0.4, 0.5) is 0 Å². The van der Waals surface area contributed by atoms with E-state index in [-0.39, 0.29) is 12.7 Å². The zero-order chi connectivity index (χ0) is 21.9. The van der Waals surface area contributed by atoms with Gasteiger partial charge in [-0.15, -0.1) is 0 Å². The Morgan fingerprint density at radius 3 is 2.13 bits per heavy atom. The molecule has 0 unspecified atom stereocenters. The first-order valence-electron chi connectivity index (χ1n) is 10.3. The normalized spacial score (nSPS) is 36.6. The van der Waals surface area contributed by atoms with Gasteiger partial charge in [-0.3, -0.25) is 19.1 Å². The summed E-state index contributed by atoms with van der Waals surface area (Å²) in [5.74, 6) is -3.13. The van der Waals surface area contributed by atoms with Crippen molar-refractivity contribution in [3.05, 3.63) is 0 Å². The molecule has 0 aromatic rings. The van der Waals surface area contributed by atoms with Gasteiger partial charge in [0.25, 0.3) is 5.97 Å². The molecule has 3 fully saturated rings. The minimum Gasteiger partial charge on any atom is -0.463 e. The van der Waals surface area contributed by atoms with Crippen molar-refractivity contribution in [2.75, 3.05) is 6.61 Å². The molecule has 2 saturated heterocycles. The van der Waals surface area contributed by atoms with E-state index in [1.165, 1.54) is 27.2 Å². The standard InChI is InChI=1S/C20H30O10/c1-11(21)24-10-15-16(25-12(2)22)17(26-13(3)23)18-19(27-15)30-20(4,29-18)28-14-8-6-5-7-9-14/h14-19H,5-10H2,1-4H3/t15-,16-,17+,18-,19-,20+/m1/s1. The number of ether oxygens (including phenoxy) is 7. The molecule has 10 heteroatoms. The van der Waals surface area contributed by atoms with Crippen LogP contribution in [0.5, 0.6) is 0 Å². The van der Waals surface area contributed by atoms with Crippen LogP contribution < -0.4 is 0 Å². The van der Waals surface area contributed by atoms with Crippen LogP contribution >= 0.6 is 0 Å². The molecule has 170 valence electrons. The molecule has 0 amide bonds. The number of carbonyl (C=O) groups is 3. The second kappa shape index (κ2) is 9.59. The van der Waals surface area contributed by atoms with Gasteiger partial charge in [0.15, 0.2) is 24.6 Å². The molecule has 0 N–H and O–H groups in total. The highest BCUT2D eigenvalue weighted by atomic mass is 16.9. The number of rotatable bonds is 6. The maximum Gasteiger partial charge on any atom is 0.303 e. The van der Waals surface area contributed by atoms with Crippen LogP contribution in [0.2, 0.25) is 0 Å². The Morgan fingerprint density at radius 2 is 1.53 bits per heavy atom. The molecule has 3 aliphatic rings. The van der Waals surface area contributed by atoms with Crippen LogP contribution in [0.3, 0.4) is 0 Å². The summed E-state index contributed by atoms with van der Waals surface area (Å²) in [4.78, 5) is 34.7. The van der Waals surface area contributed by atoms with Gasteiger partial charge >= 0.3 is 17.9 Å². The summed E-state index contributed by atoms with van der Waals surface area (Å²) in [6.45, 7) is 5.14. The largest absolute Gasteiger partial charge is 0.463 e. The number of carbonyl (C=O) groups excluding carboxylic acids is 3. The molecule has 0 aromatic carbocycles. The van der Waals surface area contributed by atoms with Gasteiger partial charge in [0.05, 0.1) is 6.10 Å². The SMILES string of the molecule is CC(=O)OC[C@H]1O[C@@H]2O[C@@](C)(OC3CCCCC3)O[C@@H]2[C@@H](OC(C)=O)[C@@H]1OC(C)=O. The van der Waals surface area contributed by atoms with E-state index in [2.05, 4.69) is 0 Å². The first kappa shape index (κ1) is 22.9. The van der Waals surface area contributed by atoms with Crippen LogP contribution in [-0.4, -0.2) is 67.3 Å². The van der Waals surface area contributed by atoms with Crippen LogP contribution in [0.15, 0.2) is 0 Å². The summed E-state index contributed by atoms with van der Waals surface area (Å²) in [7, 11) is 0. The third kappa shape index (κ3) is 5.69. The minimum atomic E-state index is -1.41. The van der Waals surface area contributed by atoms with Crippen molar-refractivity contribution in [1.82, 2.24) is 0 Å². The van der Waals surface area contributed by atoms with Crippen molar-refractivity contribution in [3.63, 3.8) is 0 Å². The number of esters is 3. The number of hydrogen-bond acceptors (Lipinski definition) is 10. The van der Waals surface area contributed by atoms with E-state index in [1.54, 1.807) is 6.92 Å². The monoisotopic (exact) mass is 430 g/mol. The quantitative estimate of drug-likeness (QED) is 0.454. The molecule has 6 atom stereocenters. The predicted molar refractivity (Wildman–Crippen MR) is 98.7 cm³/mol. The molecular weight excluding hydrogens is 400 g/mol. The van der Waals surface area contributed by atoms with E-state index in [0.717, 1.165) is 25.7 Å². The van der Waals surface area contributed by atoms with E-state index in [0.29, 0.717) is 0 Å². The molecule has 10 nitrogen and oxygen atoms in total. The van der Waals surface area contributed by atoms with Crippen LogP contribution in [-0.2, 0) is 47.5 Å². The van der Waals surface area contributed by atoms with Gasteiger partial charge in [0, 0.05) is 27.7 Å². The fourth-order valence-corrected chi connectivity index (χ4v) is 4.12. The molecule has 2 heterocycles. The summed E-state index contributed by atoms with van der Waals surface area (Å²) >= 11 is 0. The van der Waals surface area contributed by atoms with Gasteiger partial charge < -0.3 is 28.4 Å². The minimum absolute atomic E-state index is 0.0165. The van der Waals surface area contributed by atoms with Gasteiger partial charge in [-0.1, -0.05) is 19.3 Å². The Hall–Kier alpha value is -1.75. The van der Waals surface area contributed by atoms with Crippen molar-refractivity contribution in [2.24, 2.45) is 0 Å². The Labute approximate surface area is 175 Å². The summed E-state index contributed by atoms with van der Waals surface area (Å²) in [6.07, 6.45) is 0.252. The predicted octanol–water partition coefficient (Wildman–Crippen LogP) is 1.58. The van der Waals surface area contributed by atoms with Gasteiger partial charge in [0.2, 0.25) is 0 Å². The van der Waals surface area contributed by atoms with Gasteiger partial charge in [-0.2, -0.15) is 0 Å². The van der Waals surface area contributed by atoms with Crippen molar-refractivity contribution < 1.29 is 47.5 Å². The van der Waals surface area contributed by atoms with Crippen LogP contribution in [0, 0.1) is 0 Å². The average molecular weight is 430 g/mol. The first-order valence-corrected chi connectivity index (χ1v) is 10.3. The lowest BCUT2D eigenvalue weighted by molar-refractivity contribution is -0.360. The first-order chi connectivity index (χ1) is 14.2. The second-order valence-electron chi connectivity index (χ2n) is 7.93. The fourth-order valence-electron chi connectivity index (χ4n) is 4.12. The molecular formula is C20H30O10. The molecule has 1 aliphatic carbocycles. The van der Waals surface area contributed by atoms with E-state index >= 15 is 0 Å².